The summed E-state index contributed by atoms with van der Waals surface area (Å²) in [6.07, 6.45) is 25.8. The Hall–Kier alpha value is -0.521. The topological polar surface area (TPSA) is 80.3 Å². The molecule has 5 heteroatoms. The Balaban J connectivity index is 0. The summed E-state index contributed by atoms with van der Waals surface area (Å²) in [7, 11) is 0. The van der Waals surface area contributed by atoms with E-state index in [-0.39, 0.29) is 45.1 Å². The summed E-state index contributed by atoms with van der Waals surface area (Å²) in [6.45, 7) is 13.2. The molecule has 0 aromatic heterocycles. The molecule has 4 nitrogen and oxygen atoms in total. The second-order valence-corrected chi connectivity index (χ2v) is 17.1. The number of carboxylic acids is 2. The van der Waals surface area contributed by atoms with E-state index in [9.17, 15) is 19.8 Å². The van der Waals surface area contributed by atoms with E-state index in [1.807, 2.05) is 0 Å². The maximum atomic E-state index is 11.3. The SMILES string of the molecule is CC(C)CCCCC/C(C(=O)[O-])=C(\CCCCCC(C)C)C(=O)[O-].CCCCCCC[CH2][Sn+2][CH2]CCCCCCC. The number of aliphatic carboxylic acids is 2. The van der Waals surface area contributed by atoms with Crippen LogP contribution in [0.15, 0.2) is 11.1 Å². The molecule has 0 radical (unpaired) electrons. The average Bonchev–Trinajstić information content (AvgIpc) is 2.91. The van der Waals surface area contributed by atoms with E-state index in [0.29, 0.717) is 24.7 Å². The van der Waals surface area contributed by atoms with Gasteiger partial charge in [-0.15, -0.1) is 0 Å². The van der Waals surface area contributed by atoms with Gasteiger partial charge in [-0.2, -0.15) is 0 Å². The Morgan fingerprint density at radius 3 is 1.12 bits per heavy atom. The molecule has 0 N–H and O–H groups in total. The second kappa shape index (κ2) is 32.4. The number of carbonyl (C=O) groups is 2. The van der Waals surface area contributed by atoms with Crippen molar-refractivity contribution in [3.8, 4) is 0 Å². The fourth-order valence-electron chi connectivity index (χ4n) is 5.00. The van der Waals surface area contributed by atoms with Crippen LogP contribution in [-0.4, -0.2) is 33.1 Å². The molecule has 0 saturated heterocycles. The molecule has 0 heterocycles. The van der Waals surface area contributed by atoms with Crippen LogP contribution in [0.1, 0.15) is 183 Å². The third-order valence-corrected chi connectivity index (χ3v) is 11.7. The molecule has 0 rings (SSSR count). The minimum atomic E-state index is -1.36. The molecule has 0 amide bonds. The van der Waals surface area contributed by atoms with Gasteiger partial charge < -0.3 is 19.8 Å². The van der Waals surface area contributed by atoms with E-state index in [4.69, 9.17) is 0 Å². The standard InChI is InChI=1S/C20H36O4.2C8H17.Sn/c1-15(2)11-7-5-9-13-17(19(21)22)18(20(23)24)14-10-6-8-12-16(3)4;2*1-3-5-7-8-6-4-2;/h15-16H,5-14H2,1-4H3,(H,21,22)(H,23,24);2*1,3-8H2,2H3;/q;;;+2/p-2/b18-17-;;;. The number of carboxylic acid groups (broad SMARTS) is 2. The van der Waals surface area contributed by atoms with Gasteiger partial charge in [0.2, 0.25) is 0 Å². The van der Waals surface area contributed by atoms with Crippen molar-refractivity contribution >= 4 is 33.1 Å². The zero-order valence-corrected chi connectivity index (χ0v) is 31.1. The first-order valence-electron chi connectivity index (χ1n) is 17.5. The monoisotopic (exact) mass is 684 g/mol. The van der Waals surface area contributed by atoms with Crippen LogP contribution in [0.5, 0.6) is 0 Å². The molecule has 240 valence electrons. The summed E-state index contributed by atoms with van der Waals surface area (Å²) in [4.78, 5) is 22.7. The van der Waals surface area contributed by atoms with Crippen LogP contribution in [0.4, 0.5) is 0 Å². The van der Waals surface area contributed by atoms with E-state index < -0.39 is 11.9 Å². The zero-order valence-electron chi connectivity index (χ0n) is 28.3. The Bertz CT molecular complexity index is 575. The average molecular weight is 684 g/mol. The molecule has 0 bridgehead atoms. The van der Waals surface area contributed by atoms with Crippen molar-refractivity contribution in [1.82, 2.24) is 0 Å². The first-order chi connectivity index (χ1) is 19.7. The van der Waals surface area contributed by atoms with Crippen molar-refractivity contribution in [1.29, 1.82) is 0 Å². The molecular weight excluding hydrogens is 615 g/mol. The van der Waals surface area contributed by atoms with Crippen molar-refractivity contribution in [2.45, 2.75) is 192 Å². The normalized spacial score (nSPS) is 11.7. The van der Waals surface area contributed by atoms with E-state index in [2.05, 4.69) is 41.5 Å². The van der Waals surface area contributed by atoms with Crippen molar-refractivity contribution in [2.24, 2.45) is 11.8 Å². The number of rotatable bonds is 28. The predicted octanol–water partition coefficient (Wildman–Crippen LogP) is 9.24. The molecule has 0 aliphatic rings. The molecule has 0 aromatic rings. The van der Waals surface area contributed by atoms with Crippen molar-refractivity contribution in [3.05, 3.63) is 11.1 Å². The molecular formula is C36H68O4Sn. The van der Waals surface area contributed by atoms with E-state index in [0.717, 1.165) is 38.5 Å². The maximum absolute atomic E-state index is 11.3. The first-order valence-corrected chi connectivity index (χ1v) is 21.6. The predicted molar refractivity (Wildman–Crippen MR) is 175 cm³/mol. The molecule has 0 aromatic carbocycles. The Labute approximate surface area is 266 Å². The van der Waals surface area contributed by atoms with Gasteiger partial charge in [0.15, 0.2) is 0 Å². The van der Waals surface area contributed by atoms with Crippen molar-refractivity contribution in [3.63, 3.8) is 0 Å². The van der Waals surface area contributed by atoms with Gasteiger partial charge in [-0.05, 0) is 48.7 Å². The Morgan fingerprint density at radius 1 is 0.488 bits per heavy atom. The molecule has 41 heavy (non-hydrogen) atoms. The summed E-state index contributed by atoms with van der Waals surface area (Å²) in [5.41, 5.74) is -0.133. The third kappa shape index (κ3) is 32.2. The number of hydrogen-bond acceptors (Lipinski definition) is 4. The van der Waals surface area contributed by atoms with Crippen LogP contribution >= 0.6 is 0 Å². The molecule has 0 spiro atoms. The van der Waals surface area contributed by atoms with Crippen LogP contribution in [0.2, 0.25) is 8.87 Å². The number of unbranched alkanes of at least 4 members (excludes halogenated alkanes) is 14. The summed E-state index contributed by atoms with van der Waals surface area (Å²) in [6, 6.07) is 0. The van der Waals surface area contributed by atoms with Crippen LogP contribution in [0.3, 0.4) is 0 Å². The van der Waals surface area contributed by atoms with Crippen LogP contribution in [-0.2, 0) is 9.59 Å². The van der Waals surface area contributed by atoms with Crippen molar-refractivity contribution in [2.75, 3.05) is 0 Å². The van der Waals surface area contributed by atoms with E-state index in [1.54, 1.807) is 21.7 Å². The van der Waals surface area contributed by atoms with Gasteiger partial charge in [0.25, 0.3) is 0 Å². The summed E-state index contributed by atoms with van der Waals surface area (Å²) < 4.78 is 3.31. The number of carbonyl (C=O) groups excluding carboxylic acids is 2. The molecule has 0 aliphatic carbocycles. The van der Waals surface area contributed by atoms with Gasteiger partial charge in [0.05, 0.1) is 11.9 Å². The van der Waals surface area contributed by atoms with Crippen molar-refractivity contribution < 1.29 is 19.8 Å². The van der Waals surface area contributed by atoms with Gasteiger partial charge in [0, 0.05) is 0 Å². The van der Waals surface area contributed by atoms with Gasteiger partial charge in [0.1, 0.15) is 0 Å². The van der Waals surface area contributed by atoms with Crippen LogP contribution in [0, 0.1) is 11.8 Å². The van der Waals surface area contributed by atoms with Gasteiger partial charge in [-0.1, -0.05) is 66.2 Å². The number of hydrogen-bond donors (Lipinski definition) is 0. The van der Waals surface area contributed by atoms with Gasteiger partial charge in [-0.3, -0.25) is 0 Å². The summed E-state index contributed by atoms with van der Waals surface area (Å²) in [5.74, 6) is -1.46. The molecule has 0 saturated carbocycles. The second-order valence-electron chi connectivity index (χ2n) is 12.8. The van der Waals surface area contributed by atoms with E-state index >= 15 is 0 Å². The molecule has 0 aliphatic heterocycles. The van der Waals surface area contributed by atoms with Crippen LogP contribution in [0.25, 0.3) is 0 Å². The fraction of sp³-hybridized carbons (Fsp3) is 0.889. The summed E-state index contributed by atoms with van der Waals surface area (Å²) >= 11 is 0.0736. The quantitative estimate of drug-likeness (QED) is 0.0468. The zero-order chi connectivity index (χ0) is 31.1. The third-order valence-electron chi connectivity index (χ3n) is 7.69. The fourth-order valence-corrected chi connectivity index (χ4v) is 8.57. The van der Waals surface area contributed by atoms with E-state index in [1.165, 1.54) is 64.2 Å². The van der Waals surface area contributed by atoms with Crippen LogP contribution < -0.4 is 10.2 Å². The molecule has 0 unspecified atom stereocenters. The Kier molecular flexibility index (Phi) is 33.7. The summed E-state index contributed by atoms with van der Waals surface area (Å²) in [5, 5.41) is 22.7. The van der Waals surface area contributed by atoms with Gasteiger partial charge >= 0.3 is 121 Å². The first kappa shape index (κ1) is 42.6. The molecule has 0 fully saturated rings. The molecule has 0 atom stereocenters. The van der Waals surface area contributed by atoms with Gasteiger partial charge in [-0.25, -0.2) is 0 Å². The Morgan fingerprint density at radius 2 is 0.805 bits per heavy atom. The minimum absolute atomic E-state index is 0.0663.